The molecule has 0 radical (unpaired) electrons. The molecule has 0 fully saturated rings. The fraction of sp³-hybridized carbons (Fsp3) is 0. The van der Waals surface area contributed by atoms with Gasteiger partial charge >= 0.3 is 5.97 Å². The van der Waals surface area contributed by atoms with Crippen LogP contribution in [-0.2, 0) is 0 Å². The van der Waals surface area contributed by atoms with E-state index in [1.54, 1.807) is 18.2 Å². The van der Waals surface area contributed by atoms with Crippen LogP contribution in [0.15, 0.2) is 41.3 Å². The summed E-state index contributed by atoms with van der Waals surface area (Å²) >= 11 is 0. The van der Waals surface area contributed by atoms with Crippen LogP contribution in [0.25, 0.3) is 11.3 Å². The fourth-order valence-electron chi connectivity index (χ4n) is 1.24. The molecule has 0 bridgehead atoms. The Kier molecular flexibility index (Phi) is 2.02. The second-order valence-corrected chi connectivity index (χ2v) is 2.72. The maximum Gasteiger partial charge on any atom is 0.336 e. The Morgan fingerprint density at radius 2 is 2.14 bits per heavy atom. The summed E-state index contributed by atoms with van der Waals surface area (Å²) in [6.45, 7) is 0. The molecule has 0 aliphatic heterocycles. The molecule has 2 rings (SSSR count). The summed E-state index contributed by atoms with van der Waals surface area (Å²) in [5.74, 6) is -0.969. The minimum absolute atomic E-state index is 0.224. The predicted molar refractivity (Wildman–Crippen MR) is 48.9 cm³/mol. The van der Waals surface area contributed by atoms with Crippen LogP contribution in [0.5, 0.6) is 0 Å². The van der Waals surface area contributed by atoms with E-state index in [4.69, 9.17) is 9.52 Å². The summed E-state index contributed by atoms with van der Waals surface area (Å²) in [6, 6.07) is 6.66. The van der Waals surface area contributed by atoms with E-state index in [-0.39, 0.29) is 5.56 Å². The van der Waals surface area contributed by atoms with Gasteiger partial charge in [-0.05, 0) is 6.07 Å². The number of aromatic nitrogens is 1. The summed E-state index contributed by atoms with van der Waals surface area (Å²) in [5.41, 5.74) is 1.32. The van der Waals surface area contributed by atoms with E-state index < -0.39 is 5.97 Å². The van der Waals surface area contributed by atoms with Gasteiger partial charge in [-0.3, -0.25) is 0 Å². The molecule has 0 unspecified atom stereocenters. The largest absolute Gasteiger partial charge is 0.478 e. The van der Waals surface area contributed by atoms with E-state index in [1.807, 2.05) is 0 Å². The number of nitrogens with zero attached hydrogens (tertiary/aromatic N) is 1. The van der Waals surface area contributed by atoms with E-state index in [2.05, 4.69) is 4.98 Å². The van der Waals surface area contributed by atoms with Gasteiger partial charge in [-0.25, -0.2) is 9.78 Å². The van der Waals surface area contributed by atoms with Crippen molar-refractivity contribution in [1.29, 1.82) is 0 Å². The molecule has 1 aromatic carbocycles. The lowest BCUT2D eigenvalue weighted by molar-refractivity contribution is 0.0697. The molecule has 1 heterocycles. The molecular weight excluding hydrogens is 182 g/mol. The van der Waals surface area contributed by atoms with Crippen LogP contribution in [0.2, 0.25) is 0 Å². The summed E-state index contributed by atoms with van der Waals surface area (Å²) in [6.07, 6.45) is 2.69. The number of carboxylic acid groups (broad SMARTS) is 1. The summed E-state index contributed by atoms with van der Waals surface area (Å²) in [5, 5.41) is 8.91. The van der Waals surface area contributed by atoms with Crippen LogP contribution in [0.4, 0.5) is 0 Å². The van der Waals surface area contributed by atoms with Crippen molar-refractivity contribution in [2.75, 3.05) is 0 Å². The Balaban J connectivity index is 2.58. The maximum absolute atomic E-state index is 10.9. The summed E-state index contributed by atoms with van der Waals surface area (Å²) < 4.78 is 4.80. The Bertz CT molecular complexity index is 448. The quantitative estimate of drug-likeness (QED) is 0.785. The first kappa shape index (κ1) is 8.50. The number of aromatic carboxylic acids is 1. The van der Waals surface area contributed by atoms with Gasteiger partial charge in [-0.1, -0.05) is 18.2 Å². The Morgan fingerprint density at radius 1 is 1.36 bits per heavy atom. The predicted octanol–water partition coefficient (Wildman–Crippen LogP) is 2.04. The molecule has 1 N–H and O–H groups in total. The van der Waals surface area contributed by atoms with Gasteiger partial charge in [0, 0.05) is 5.56 Å². The van der Waals surface area contributed by atoms with E-state index in [0.29, 0.717) is 11.3 Å². The first-order valence-corrected chi connectivity index (χ1v) is 4.00. The number of carbonyl (C=O) groups is 1. The minimum atomic E-state index is -0.969. The van der Waals surface area contributed by atoms with E-state index in [0.717, 1.165) is 0 Å². The zero-order valence-electron chi connectivity index (χ0n) is 7.18. The Morgan fingerprint density at radius 3 is 2.79 bits per heavy atom. The lowest BCUT2D eigenvalue weighted by atomic mass is 10.1. The monoisotopic (exact) mass is 189 g/mol. The molecule has 0 spiro atoms. The highest BCUT2D eigenvalue weighted by Gasteiger charge is 2.11. The van der Waals surface area contributed by atoms with Gasteiger partial charge in [0.25, 0.3) is 0 Å². The van der Waals surface area contributed by atoms with Crippen LogP contribution >= 0.6 is 0 Å². The zero-order chi connectivity index (χ0) is 9.97. The van der Waals surface area contributed by atoms with Crippen molar-refractivity contribution in [3.8, 4) is 11.3 Å². The van der Waals surface area contributed by atoms with Gasteiger partial charge in [0.1, 0.15) is 12.0 Å². The number of hydrogen-bond acceptors (Lipinski definition) is 3. The molecular formula is C10H7NO3. The minimum Gasteiger partial charge on any atom is -0.478 e. The van der Waals surface area contributed by atoms with Crippen LogP contribution in [-0.4, -0.2) is 16.1 Å². The lowest BCUT2D eigenvalue weighted by Gasteiger charge is -2.00. The van der Waals surface area contributed by atoms with Crippen molar-refractivity contribution in [2.24, 2.45) is 0 Å². The molecule has 0 aliphatic carbocycles. The van der Waals surface area contributed by atoms with E-state index in [1.165, 1.54) is 18.7 Å². The highest BCUT2D eigenvalue weighted by molar-refractivity contribution is 5.95. The van der Waals surface area contributed by atoms with Crippen molar-refractivity contribution in [2.45, 2.75) is 0 Å². The van der Waals surface area contributed by atoms with Gasteiger partial charge in [0.2, 0.25) is 0 Å². The van der Waals surface area contributed by atoms with Crippen LogP contribution < -0.4 is 0 Å². The van der Waals surface area contributed by atoms with Crippen molar-refractivity contribution in [3.63, 3.8) is 0 Å². The molecule has 0 atom stereocenters. The first-order valence-electron chi connectivity index (χ1n) is 4.00. The molecule has 4 nitrogen and oxygen atoms in total. The highest BCUT2D eigenvalue weighted by Crippen LogP contribution is 2.21. The molecule has 1 aromatic heterocycles. The van der Waals surface area contributed by atoms with E-state index in [9.17, 15) is 4.79 Å². The smallest absolute Gasteiger partial charge is 0.336 e. The third-order valence-electron chi connectivity index (χ3n) is 1.87. The number of oxazole rings is 1. The van der Waals surface area contributed by atoms with Gasteiger partial charge in [-0.15, -0.1) is 0 Å². The number of rotatable bonds is 2. The standard InChI is InChI=1S/C10H7NO3/c12-10(13)8-4-2-1-3-7(8)9-5-14-6-11-9/h1-6H,(H,12,13). The molecule has 0 aliphatic rings. The van der Waals surface area contributed by atoms with Crippen molar-refractivity contribution in [3.05, 3.63) is 42.5 Å². The lowest BCUT2D eigenvalue weighted by Crippen LogP contribution is -1.98. The summed E-state index contributed by atoms with van der Waals surface area (Å²) in [4.78, 5) is 14.8. The average Bonchev–Trinajstić information content (AvgIpc) is 2.70. The Hall–Kier alpha value is -2.10. The van der Waals surface area contributed by atoms with Gasteiger partial charge in [0.05, 0.1) is 5.56 Å². The molecule has 0 amide bonds. The first-order chi connectivity index (χ1) is 6.79. The number of benzene rings is 1. The van der Waals surface area contributed by atoms with Crippen molar-refractivity contribution < 1.29 is 14.3 Å². The van der Waals surface area contributed by atoms with Crippen LogP contribution in [0.1, 0.15) is 10.4 Å². The second-order valence-electron chi connectivity index (χ2n) is 2.72. The normalized spacial score (nSPS) is 10.0. The second kappa shape index (κ2) is 3.33. The number of hydrogen-bond donors (Lipinski definition) is 1. The number of carboxylic acids is 1. The molecule has 70 valence electrons. The molecule has 0 saturated carbocycles. The zero-order valence-corrected chi connectivity index (χ0v) is 7.18. The molecule has 0 saturated heterocycles. The van der Waals surface area contributed by atoms with Crippen molar-refractivity contribution in [1.82, 2.24) is 4.98 Å². The van der Waals surface area contributed by atoms with E-state index >= 15 is 0 Å². The molecule has 14 heavy (non-hydrogen) atoms. The SMILES string of the molecule is O=C(O)c1ccccc1-c1cocn1. The maximum atomic E-state index is 10.9. The third kappa shape index (κ3) is 1.37. The average molecular weight is 189 g/mol. The molecule has 4 heteroatoms. The molecule has 2 aromatic rings. The topological polar surface area (TPSA) is 63.3 Å². The fourth-order valence-corrected chi connectivity index (χ4v) is 1.24. The van der Waals surface area contributed by atoms with Crippen LogP contribution in [0.3, 0.4) is 0 Å². The summed E-state index contributed by atoms with van der Waals surface area (Å²) in [7, 11) is 0. The third-order valence-corrected chi connectivity index (χ3v) is 1.87. The van der Waals surface area contributed by atoms with Gasteiger partial charge in [0.15, 0.2) is 6.39 Å². The van der Waals surface area contributed by atoms with Crippen LogP contribution in [0, 0.1) is 0 Å². The highest BCUT2D eigenvalue weighted by atomic mass is 16.4. The van der Waals surface area contributed by atoms with Gasteiger partial charge in [-0.2, -0.15) is 0 Å². The van der Waals surface area contributed by atoms with Crippen molar-refractivity contribution >= 4 is 5.97 Å². The van der Waals surface area contributed by atoms with Gasteiger partial charge < -0.3 is 9.52 Å². The Labute approximate surface area is 79.8 Å².